The maximum absolute atomic E-state index is 15.0. The van der Waals surface area contributed by atoms with E-state index in [2.05, 4.69) is 14.8 Å². The lowest BCUT2D eigenvalue weighted by molar-refractivity contribution is -0.274. The van der Waals surface area contributed by atoms with Gasteiger partial charge in [-0.25, -0.2) is 22.5 Å². The first kappa shape index (κ1) is 31.8. The number of ether oxygens (including phenoxy) is 1. The second-order valence-corrected chi connectivity index (χ2v) is 12.1. The molecule has 0 bridgehead atoms. The number of sulfone groups is 1. The van der Waals surface area contributed by atoms with Crippen molar-refractivity contribution in [3.05, 3.63) is 89.8 Å². The summed E-state index contributed by atoms with van der Waals surface area (Å²) in [4.78, 5) is 3.95. The zero-order valence-electron chi connectivity index (χ0n) is 23.7. The van der Waals surface area contributed by atoms with Gasteiger partial charge in [-0.15, -0.1) is 13.2 Å². The van der Waals surface area contributed by atoms with E-state index in [9.17, 15) is 35.5 Å². The smallest absolute Gasteiger partial charge is 0.440 e. The molecule has 0 spiro atoms. The maximum Gasteiger partial charge on any atom is 0.573 e. The zero-order chi connectivity index (χ0) is 32.9. The number of hydrogen-bond donors (Lipinski definition) is 1. The van der Waals surface area contributed by atoms with Crippen LogP contribution in [0.4, 0.5) is 26.3 Å². The summed E-state index contributed by atoms with van der Waals surface area (Å²) >= 11 is 0. The van der Waals surface area contributed by atoms with Gasteiger partial charge in [-0.1, -0.05) is 6.07 Å². The molecule has 0 radical (unpaired) electrons. The minimum atomic E-state index is -4.91. The number of rotatable bonds is 8. The molecule has 0 aliphatic carbocycles. The van der Waals surface area contributed by atoms with Crippen LogP contribution in [-0.2, 0) is 22.4 Å². The van der Waals surface area contributed by atoms with Gasteiger partial charge in [0.25, 0.3) is 5.92 Å². The number of aryl methyl sites for hydroxylation is 1. The van der Waals surface area contributed by atoms with Crippen LogP contribution in [0, 0.1) is 12.7 Å². The molecule has 2 aromatic heterocycles. The van der Waals surface area contributed by atoms with E-state index in [4.69, 9.17) is 4.42 Å². The van der Waals surface area contributed by atoms with Crippen molar-refractivity contribution in [3.63, 3.8) is 0 Å². The highest BCUT2D eigenvalue weighted by atomic mass is 32.2. The summed E-state index contributed by atoms with van der Waals surface area (Å²) in [6.45, 7) is 1.33. The lowest BCUT2D eigenvalue weighted by atomic mass is 9.97. The Bertz CT molecular complexity index is 2000. The molecule has 236 valence electrons. The summed E-state index contributed by atoms with van der Waals surface area (Å²) in [7, 11) is -3.97. The third kappa shape index (κ3) is 6.73. The lowest BCUT2D eigenvalue weighted by Gasteiger charge is -2.14. The molecule has 15 heteroatoms. The summed E-state index contributed by atoms with van der Waals surface area (Å²) < 4.78 is 117. The fourth-order valence-electron chi connectivity index (χ4n) is 4.67. The van der Waals surface area contributed by atoms with Crippen LogP contribution < -0.4 is 4.74 Å². The summed E-state index contributed by atoms with van der Waals surface area (Å²) in [5.74, 6) is -4.51. The molecule has 1 N–H and O–H groups in total. The Morgan fingerprint density at radius 1 is 0.956 bits per heavy atom. The predicted molar refractivity (Wildman–Crippen MR) is 150 cm³/mol. The number of benzene rings is 3. The number of alkyl halides is 5. The van der Waals surface area contributed by atoms with Gasteiger partial charge < -0.3 is 14.3 Å². The molecule has 5 rings (SSSR count). The van der Waals surface area contributed by atoms with E-state index in [0.29, 0.717) is 12.5 Å². The second kappa shape index (κ2) is 11.4. The second-order valence-electron chi connectivity index (χ2n) is 10.1. The Morgan fingerprint density at radius 2 is 1.62 bits per heavy atom. The molecule has 0 saturated heterocycles. The Labute approximate surface area is 252 Å². The van der Waals surface area contributed by atoms with Crippen LogP contribution in [0.15, 0.2) is 76.2 Å². The molecule has 45 heavy (non-hydrogen) atoms. The van der Waals surface area contributed by atoms with Crippen molar-refractivity contribution in [1.29, 1.82) is 0 Å². The SMILES string of the molecule is Cc1nc(-c2ccc(OC(F)(F)F)cc2)c(-c2cc(-c3cc(F)c(CO)c(S(C)(=O)=O)c3)ccc2-n2ccc(C(C)(F)F)n2)o1. The van der Waals surface area contributed by atoms with Crippen molar-refractivity contribution in [2.75, 3.05) is 6.26 Å². The summed E-state index contributed by atoms with van der Waals surface area (Å²) in [6, 6.07) is 12.6. The average Bonchev–Trinajstić information content (AvgIpc) is 3.59. The monoisotopic (exact) mass is 651 g/mol. The molecule has 0 amide bonds. The summed E-state index contributed by atoms with van der Waals surface area (Å²) in [5.41, 5.74) is 0.303. The maximum atomic E-state index is 15.0. The highest BCUT2D eigenvalue weighted by Crippen LogP contribution is 2.40. The summed E-state index contributed by atoms with van der Waals surface area (Å²) in [5, 5.41) is 13.6. The molecule has 0 aliphatic heterocycles. The largest absolute Gasteiger partial charge is 0.573 e. The number of oxazole rings is 1. The van der Waals surface area contributed by atoms with E-state index in [1.54, 1.807) is 0 Å². The summed E-state index contributed by atoms with van der Waals surface area (Å²) in [6.07, 6.45) is -2.75. The van der Waals surface area contributed by atoms with Crippen LogP contribution in [0.2, 0.25) is 0 Å². The number of aromatic nitrogens is 3. The van der Waals surface area contributed by atoms with E-state index in [-0.39, 0.29) is 39.7 Å². The van der Waals surface area contributed by atoms with E-state index in [1.165, 1.54) is 49.5 Å². The molecule has 5 aromatic rings. The molecule has 2 heterocycles. The van der Waals surface area contributed by atoms with Gasteiger partial charge in [-0.2, -0.15) is 13.9 Å². The molecule has 8 nitrogen and oxygen atoms in total. The number of nitrogens with zero attached hydrogens (tertiary/aromatic N) is 3. The fraction of sp³-hybridized carbons (Fsp3) is 0.200. The van der Waals surface area contributed by atoms with Gasteiger partial charge in [0.1, 0.15) is 23.0 Å². The van der Waals surface area contributed by atoms with Crippen molar-refractivity contribution >= 4 is 9.84 Å². The molecular formula is C30H23F6N3O5S. The van der Waals surface area contributed by atoms with Crippen molar-refractivity contribution in [3.8, 4) is 45.1 Å². The first-order chi connectivity index (χ1) is 20.9. The molecule has 0 fully saturated rings. The Hall–Kier alpha value is -4.63. The third-order valence-corrected chi connectivity index (χ3v) is 7.83. The molecule has 0 unspecified atom stereocenters. The van der Waals surface area contributed by atoms with Gasteiger partial charge in [0, 0.05) is 43.0 Å². The van der Waals surface area contributed by atoms with E-state index in [0.717, 1.165) is 35.2 Å². The lowest BCUT2D eigenvalue weighted by Crippen LogP contribution is -2.16. The first-order valence-corrected chi connectivity index (χ1v) is 14.9. The highest BCUT2D eigenvalue weighted by molar-refractivity contribution is 7.90. The van der Waals surface area contributed by atoms with Gasteiger partial charge in [0.05, 0.1) is 17.2 Å². The van der Waals surface area contributed by atoms with Crippen LogP contribution >= 0.6 is 0 Å². The number of hydrogen-bond acceptors (Lipinski definition) is 7. The molecular weight excluding hydrogens is 628 g/mol. The van der Waals surface area contributed by atoms with E-state index < -0.39 is 56.4 Å². The quantitative estimate of drug-likeness (QED) is 0.177. The molecule has 0 aliphatic rings. The van der Waals surface area contributed by atoms with Crippen LogP contribution in [-0.4, -0.2) is 40.9 Å². The van der Waals surface area contributed by atoms with Crippen molar-refractivity contribution in [1.82, 2.24) is 14.8 Å². The first-order valence-electron chi connectivity index (χ1n) is 13.0. The fourth-order valence-corrected chi connectivity index (χ4v) is 5.62. The van der Waals surface area contributed by atoms with Crippen LogP contribution in [0.25, 0.3) is 39.4 Å². The van der Waals surface area contributed by atoms with Crippen LogP contribution in [0.3, 0.4) is 0 Å². The number of aliphatic hydroxyl groups is 1. The number of halogens is 6. The Kier molecular flexibility index (Phi) is 8.04. The van der Waals surface area contributed by atoms with Crippen molar-refractivity contribution in [2.24, 2.45) is 0 Å². The van der Waals surface area contributed by atoms with Crippen LogP contribution in [0.5, 0.6) is 5.75 Å². The molecule has 0 saturated carbocycles. The third-order valence-electron chi connectivity index (χ3n) is 6.67. The number of aliphatic hydroxyl groups excluding tert-OH is 1. The average molecular weight is 652 g/mol. The Balaban J connectivity index is 1.73. The molecule has 3 aromatic carbocycles. The zero-order valence-corrected chi connectivity index (χ0v) is 24.5. The van der Waals surface area contributed by atoms with Gasteiger partial charge >= 0.3 is 6.36 Å². The van der Waals surface area contributed by atoms with Crippen LogP contribution in [0.1, 0.15) is 24.1 Å². The minimum Gasteiger partial charge on any atom is -0.440 e. The van der Waals surface area contributed by atoms with Gasteiger partial charge in [-0.05, 0) is 65.7 Å². The molecule has 0 atom stereocenters. The van der Waals surface area contributed by atoms with Crippen molar-refractivity contribution in [2.45, 2.75) is 37.6 Å². The van der Waals surface area contributed by atoms with E-state index >= 15 is 4.39 Å². The predicted octanol–water partition coefficient (Wildman–Crippen LogP) is 7.21. The highest BCUT2D eigenvalue weighted by Gasteiger charge is 2.31. The normalized spacial score (nSPS) is 12.5. The van der Waals surface area contributed by atoms with Gasteiger partial charge in [0.2, 0.25) is 0 Å². The minimum absolute atomic E-state index is 0.0601. The van der Waals surface area contributed by atoms with Gasteiger partial charge in [-0.3, -0.25) is 0 Å². The van der Waals surface area contributed by atoms with Crippen molar-refractivity contribution < 1.29 is 49.0 Å². The Morgan fingerprint density at radius 3 is 2.20 bits per heavy atom. The standard InChI is InChI=1S/C30H23F6N3O5S/c1-16-37-27(17-4-7-20(8-5-17)44-30(34,35)36)28(43-16)21-12-18(6-9-24(21)39-11-10-26(38-39)29(2,32)33)19-13-23(31)22(15-40)25(14-19)45(3,41)42/h4-14,40H,15H2,1-3H3. The van der Waals surface area contributed by atoms with Gasteiger partial charge in [0.15, 0.2) is 21.5 Å². The topological polar surface area (TPSA) is 107 Å². The van der Waals surface area contributed by atoms with E-state index in [1.807, 2.05) is 0 Å².